The Balaban J connectivity index is 1.67. The summed E-state index contributed by atoms with van der Waals surface area (Å²) in [5.41, 5.74) is 0. The van der Waals surface area contributed by atoms with Gasteiger partial charge in [0.1, 0.15) is 0 Å². The van der Waals surface area contributed by atoms with E-state index in [1.807, 2.05) is 0 Å². The molecule has 0 radical (unpaired) electrons. The molecule has 104 valence electrons. The first-order valence-corrected chi connectivity index (χ1v) is 7.71. The largest absolute Gasteiger partial charge is 0.356 e. The molecular weight excluding hydrogens is 224 g/mol. The predicted molar refractivity (Wildman–Crippen MR) is 74.3 cm³/mol. The quantitative estimate of drug-likeness (QED) is 0.806. The Morgan fingerprint density at radius 1 is 1.17 bits per heavy atom. The number of amides is 1. The van der Waals surface area contributed by atoms with Gasteiger partial charge in [0.15, 0.2) is 0 Å². The van der Waals surface area contributed by atoms with Crippen molar-refractivity contribution in [3.63, 3.8) is 0 Å². The summed E-state index contributed by atoms with van der Waals surface area (Å²) < 4.78 is 0. The van der Waals surface area contributed by atoms with Gasteiger partial charge in [-0.15, -0.1) is 0 Å². The summed E-state index contributed by atoms with van der Waals surface area (Å²) >= 11 is 0. The van der Waals surface area contributed by atoms with Gasteiger partial charge in [0.25, 0.3) is 0 Å². The van der Waals surface area contributed by atoms with E-state index in [2.05, 4.69) is 24.5 Å². The summed E-state index contributed by atoms with van der Waals surface area (Å²) in [5.74, 6) is 2.12. The minimum atomic E-state index is 0.192. The van der Waals surface area contributed by atoms with Gasteiger partial charge in [-0.25, -0.2) is 0 Å². The summed E-state index contributed by atoms with van der Waals surface area (Å²) in [4.78, 5) is 12.1. The van der Waals surface area contributed by atoms with Crippen LogP contribution in [0.2, 0.25) is 0 Å². The smallest absolute Gasteiger partial charge is 0.224 e. The highest BCUT2D eigenvalue weighted by Gasteiger charge is 2.29. The van der Waals surface area contributed by atoms with Gasteiger partial charge >= 0.3 is 0 Å². The topological polar surface area (TPSA) is 41.1 Å². The molecule has 2 fully saturated rings. The third-order valence-electron chi connectivity index (χ3n) is 4.97. The maximum absolute atomic E-state index is 12.1. The van der Waals surface area contributed by atoms with Crippen molar-refractivity contribution < 1.29 is 4.79 Å². The van der Waals surface area contributed by atoms with Crippen LogP contribution in [0.15, 0.2) is 0 Å². The molecule has 0 spiro atoms. The maximum atomic E-state index is 12.1. The molecule has 2 unspecified atom stereocenters. The summed E-state index contributed by atoms with van der Waals surface area (Å²) in [6, 6.07) is 0.348. The molecule has 1 heterocycles. The average molecular weight is 252 g/mol. The highest BCUT2D eigenvalue weighted by atomic mass is 16.1. The van der Waals surface area contributed by atoms with Crippen molar-refractivity contribution in [2.24, 2.45) is 17.8 Å². The maximum Gasteiger partial charge on any atom is 0.224 e. The first kappa shape index (κ1) is 13.9. The number of carbonyl (C=O) groups is 1. The predicted octanol–water partition coefficient (Wildman–Crippen LogP) is 2.32. The molecule has 1 saturated heterocycles. The van der Waals surface area contributed by atoms with Crippen LogP contribution < -0.4 is 10.6 Å². The van der Waals surface area contributed by atoms with E-state index >= 15 is 0 Å². The Morgan fingerprint density at radius 2 is 1.83 bits per heavy atom. The first-order valence-electron chi connectivity index (χ1n) is 7.71. The number of hydrogen-bond donors (Lipinski definition) is 2. The number of nitrogens with one attached hydrogen (secondary N) is 2. The van der Waals surface area contributed by atoms with Crippen molar-refractivity contribution in [1.29, 1.82) is 0 Å². The van der Waals surface area contributed by atoms with Crippen molar-refractivity contribution in [3.05, 3.63) is 0 Å². The fourth-order valence-corrected chi connectivity index (χ4v) is 3.44. The van der Waals surface area contributed by atoms with Gasteiger partial charge in [0.2, 0.25) is 5.91 Å². The van der Waals surface area contributed by atoms with E-state index in [1.54, 1.807) is 0 Å². The first-order chi connectivity index (χ1) is 8.70. The SMILES string of the molecule is CCC1CCC(CNC(=O)C2CCNC2C)CC1. The second kappa shape index (κ2) is 6.55. The lowest BCUT2D eigenvalue weighted by molar-refractivity contribution is -0.125. The molecule has 1 aliphatic heterocycles. The molecule has 0 aromatic carbocycles. The lowest BCUT2D eigenvalue weighted by Gasteiger charge is -2.28. The van der Waals surface area contributed by atoms with Crippen molar-refractivity contribution in [2.75, 3.05) is 13.1 Å². The van der Waals surface area contributed by atoms with E-state index in [9.17, 15) is 4.79 Å². The normalized spacial score (nSPS) is 36.6. The van der Waals surface area contributed by atoms with Crippen LogP contribution in [0.25, 0.3) is 0 Å². The number of carbonyl (C=O) groups excluding carboxylic acids is 1. The highest BCUT2D eigenvalue weighted by molar-refractivity contribution is 5.79. The Hall–Kier alpha value is -0.570. The van der Waals surface area contributed by atoms with Crippen molar-refractivity contribution in [1.82, 2.24) is 10.6 Å². The molecule has 1 aliphatic carbocycles. The molecule has 1 saturated carbocycles. The molecule has 0 aromatic rings. The van der Waals surface area contributed by atoms with Crippen LogP contribution in [0, 0.1) is 17.8 Å². The van der Waals surface area contributed by atoms with Gasteiger partial charge in [-0.3, -0.25) is 4.79 Å². The minimum Gasteiger partial charge on any atom is -0.356 e. The van der Waals surface area contributed by atoms with Gasteiger partial charge in [-0.2, -0.15) is 0 Å². The van der Waals surface area contributed by atoms with Crippen LogP contribution in [-0.4, -0.2) is 25.0 Å². The van der Waals surface area contributed by atoms with Gasteiger partial charge in [-0.05, 0) is 44.6 Å². The molecule has 0 bridgehead atoms. The van der Waals surface area contributed by atoms with Crippen LogP contribution in [0.1, 0.15) is 52.4 Å². The number of rotatable bonds is 4. The standard InChI is InChI=1S/C15H28N2O/c1-3-12-4-6-13(7-5-12)10-17-15(18)14-8-9-16-11(14)2/h11-14,16H,3-10H2,1-2H3,(H,17,18). The average Bonchev–Trinajstić information content (AvgIpc) is 2.83. The lowest BCUT2D eigenvalue weighted by Crippen LogP contribution is -2.39. The van der Waals surface area contributed by atoms with Gasteiger partial charge in [0, 0.05) is 12.6 Å². The fourth-order valence-electron chi connectivity index (χ4n) is 3.44. The molecule has 0 aromatic heterocycles. The van der Waals surface area contributed by atoms with Crippen molar-refractivity contribution in [3.8, 4) is 0 Å². The van der Waals surface area contributed by atoms with E-state index < -0.39 is 0 Å². The summed E-state index contributed by atoms with van der Waals surface area (Å²) in [6.45, 7) is 6.30. The molecule has 3 nitrogen and oxygen atoms in total. The molecular formula is C15H28N2O. The molecule has 18 heavy (non-hydrogen) atoms. The Bertz CT molecular complexity index is 272. The van der Waals surface area contributed by atoms with Gasteiger partial charge in [-0.1, -0.05) is 26.2 Å². The van der Waals surface area contributed by atoms with Crippen LogP contribution in [-0.2, 0) is 4.79 Å². The third kappa shape index (κ3) is 3.47. The highest BCUT2D eigenvalue weighted by Crippen LogP contribution is 2.30. The van der Waals surface area contributed by atoms with E-state index in [1.165, 1.54) is 32.1 Å². The van der Waals surface area contributed by atoms with Gasteiger partial charge in [0.05, 0.1) is 5.92 Å². The summed E-state index contributed by atoms with van der Waals surface area (Å²) in [6.07, 6.45) is 7.64. The van der Waals surface area contributed by atoms with Crippen LogP contribution in [0.3, 0.4) is 0 Å². The summed E-state index contributed by atoms with van der Waals surface area (Å²) in [7, 11) is 0. The fraction of sp³-hybridized carbons (Fsp3) is 0.933. The zero-order valence-electron chi connectivity index (χ0n) is 11.9. The summed E-state index contributed by atoms with van der Waals surface area (Å²) in [5, 5.41) is 6.52. The monoisotopic (exact) mass is 252 g/mol. The Morgan fingerprint density at radius 3 is 2.39 bits per heavy atom. The molecule has 1 amide bonds. The van der Waals surface area contributed by atoms with Gasteiger partial charge < -0.3 is 10.6 Å². The molecule has 2 N–H and O–H groups in total. The molecule has 3 heteroatoms. The lowest BCUT2D eigenvalue weighted by atomic mass is 9.81. The Kier molecular flexibility index (Phi) is 5.04. The zero-order chi connectivity index (χ0) is 13.0. The third-order valence-corrected chi connectivity index (χ3v) is 4.97. The van der Waals surface area contributed by atoms with E-state index in [-0.39, 0.29) is 11.8 Å². The van der Waals surface area contributed by atoms with Crippen LogP contribution in [0.4, 0.5) is 0 Å². The minimum absolute atomic E-state index is 0.192. The van der Waals surface area contributed by atoms with Crippen molar-refractivity contribution >= 4 is 5.91 Å². The molecule has 2 aliphatic rings. The molecule has 2 atom stereocenters. The second-order valence-electron chi connectivity index (χ2n) is 6.18. The number of hydrogen-bond acceptors (Lipinski definition) is 2. The van der Waals surface area contributed by atoms with Crippen molar-refractivity contribution in [2.45, 2.75) is 58.4 Å². The molecule has 2 rings (SSSR count). The van der Waals surface area contributed by atoms with Crippen LogP contribution >= 0.6 is 0 Å². The van der Waals surface area contributed by atoms with E-state index in [4.69, 9.17) is 0 Å². The van der Waals surface area contributed by atoms with E-state index in [0.29, 0.717) is 6.04 Å². The van der Waals surface area contributed by atoms with Crippen LogP contribution in [0.5, 0.6) is 0 Å². The van der Waals surface area contributed by atoms with E-state index in [0.717, 1.165) is 31.3 Å². The second-order valence-corrected chi connectivity index (χ2v) is 6.18. The zero-order valence-corrected chi connectivity index (χ0v) is 11.9. The Labute approximate surface area is 111 Å².